The minimum atomic E-state index is -0.280. The lowest BCUT2D eigenvalue weighted by Crippen LogP contribution is -2.49. The molecule has 0 aliphatic carbocycles. The molecule has 2 amide bonds. The molecule has 1 aromatic carbocycles. The summed E-state index contributed by atoms with van der Waals surface area (Å²) in [7, 11) is 0. The van der Waals surface area contributed by atoms with Crippen LogP contribution in [-0.2, 0) is 6.54 Å². The van der Waals surface area contributed by atoms with Crippen LogP contribution in [0.25, 0.3) is 0 Å². The summed E-state index contributed by atoms with van der Waals surface area (Å²) < 4.78 is 13.6. The van der Waals surface area contributed by atoms with Crippen molar-refractivity contribution < 1.29 is 9.18 Å². The van der Waals surface area contributed by atoms with Gasteiger partial charge in [-0.2, -0.15) is 0 Å². The molecule has 1 atom stereocenters. The fraction of sp³-hybridized carbons (Fsp3) is 0.462. The van der Waals surface area contributed by atoms with Crippen LogP contribution in [0.4, 0.5) is 9.18 Å². The van der Waals surface area contributed by atoms with Crippen LogP contribution in [0.1, 0.15) is 5.56 Å². The monoisotopic (exact) mass is 327 g/mol. The Morgan fingerprint density at radius 2 is 2.32 bits per heavy atom. The number of urea groups is 1. The van der Waals surface area contributed by atoms with Gasteiger partial charge < -0.3 is 15.1 Å². The number of benzene rings is 1. The highest BCUT2D eigenvalue weighted by Gasteiger charge is 2.38. The standard InChI is InChI=1S/C13H15BrFN3O/c14-11-5-9(1-2-12(11)15)7-17-8-10-6-16-3-4-18(10)13(17)19/h1-2,5,10,16H,3-4,6-8H2. The second kappa shape index (κ2) is 5.09. The normalized spacial score (nSPS) is 22.8. The maximum Gasteiger partial charge on any atom is 0.320 e. The average Bonchev–Trinajstić information content (AvgIpc) is 2.72. The van der Waals surface area contributed by atoms with Crippen molar-refractivity contribution in [3.05, 3.63) is 34.1 Å². The van der Waals surface area contributed by atoms with E-state index in [2.05, 4.69) is 21.2 Å². The van der Waals surface area contributed by atoms with Crippen LogP contribution in [0.3, 0.4) is 0 Å². The van der Waals surface area contributed by atoms with Gasteiger partial charge in [0.25, 0.3) is 0 Å². The minimum Gasteiger partial charge on any atom is -0.318 e. The molecule has 2 heterocycles. The number of hydrogen-bond acceptors (Lipinski definition) is 2. The van der Waals surface area contributed by atoms with Crippen molar-refractivity contribution in [1.82, 2.24) is 15.1 Å². The van der Waals surface area contributed by atoms with Crippen LogP contribution in [0, 0.1) is 5.82 Å². The average molecular weight is 328 g/mol. The summed E-state index contributed by atoms with van der Waals surface area (Å²) in [6.45, 7) is 3.76. The predicted octanol–water partition coefficient (Wildman–Crippen LogP) is 1.80. The van der Waals surface area contributed by atoms with Gasteiger partial charge in [0.05, 0.1) is 10.5 Å². The first-order chi connectivity index (χ1) is 9.15. The zero-order valence-corrected chi connectivity index (χ0v) is 12.0. The lowest BCUT2D eigenvalue weighted by atomic mass is 10.2. The Morgan fingerprint density at radius 3 is 3.05 bits per heavy atom. The Morgan fingerprint density at radius 1 is 1.47 bits per heavy atom. The van der Waals surface area contributed by atoms with Crippen molar-refractivity contribution in [3.63, 3.8) is 0 Å². The molecule has 19 heavy (non-hydrogen) atoms. The molecule has 2 aliphatic heterocycles. The maximum absolute atomic E-state index is 13.2. The SMILES string of the molecule is O=C1N(Cc2ccc(F)c(Br)c2)CC2CNCCN12. The summed E-state index contributed by atoms with van der Waals surface area (Å²) in [5.41, 5.74) is 0.939. The Bertz CT molecular complexity index is 511. The number of carbonyl (C=O) groups excluding carboxylic acids is 1. The Labute approximate surface area is 119 Å². The molecule has 1 aromatic rings. The molecule has 2 fully saturated rings. The predicted molar refractivity (Wildman–Crippen MR) is 73.3 cm³/mol. The minimum absolute atomic E-state index is 0.0898. The van der Waals surface area contributed by atoms with Crippen molar-refractivity contribution in [1.29, 1.82) is 0 Å². The first kappa shape index (κ1) is 12.9. The molecule has 0 bridgehead atoms. The molecule has 4 nitrogen and oxygen atoms in total. The zero-order valence-electron chi connectivity index (χ0n) is 10.4. The maximum atomic E-state index is 13.2. The molecule has 2 aliphatic rings. The van der Waals surface area contributed by atoms with Crippen molar-refractivity contribution >= 4 is 22.0 Å². The van der Waals surface area contributed by atoms with E-state index in [9.17, 15) is 9.18 Å². The van der Waals surface area contributed by atoms with E-state index in [0.717, 1.165) is 31.7 Å². The third kappa shape index (κ3) is 2.47. The van der Waals surface area contributed by atoms with E-state index in [-0.39, 0.29) is 17.9 Å². The second-order valence-corrected chi connectivity index (χ2v) is 5.82. The van der Waals surface area contributed by atoms with Crippen molar-refractivity contribution in [2.45, 2.75) is 12.6 Å². The van der Waals surface area contributed by atoms with Crippen LogP contribution in [0.5, 0.6) is 0 Å². The van der Waals surface area contributed by atoms with Crippen molar-refractivity contribution in [2.24, 2.45) is 0 Å². The molecule has 0 spiro atoms. The lowest BCUT2D eigenvalue weighted by Gasteiger charge is -2.28. The van der Waals surface area contributed by atoms with Gasteiger partial charge in [0.15, 0.2) is 0 Å². The summed E-state index contributed by atoms with van der Waals surface area (Å²) in [5, 5.41) is 3.30. The van der Waals surface area contributed by atoms with Gasteiger partial charge in [-0.25, -0.2) is 9.18 Å². The van der Waals surface area contributed by atoms with Gasteiger partial charge in [-0.1, -0.05) is 6.07 Å². The number of piperazine rings is 1. The second-order valence-electron chi connectivity index (χ2n) is 4.96. The van der Waals surface area contributed by atoms with Crippen LogP contribution < -0.4 is 5.32 Å². The summed E-state index contributed by atoms with van der Waals surface area (Å²) in [4.78, 5) is 16.0. The summed E-state index contributed by atoms with van der Waals surface area (Å²) in [6.07, 6.45) is 0. The largest absolute Gasteiger partial charge is 0.320 e. The summed E-state index contributed by atoms with van der Waals surface area (Å²) in [6, 6.07) is 5.24. The molecule has 2 saturated heterocycles. The zero-order chi connectivity index (χ0) is 13.4. The molecule has 102 valence electrons. The highest BCUT2D eigenvalue weighted by atomic mass is 79.9. The van der Waals surface area contributed by atoms with E-state index < -0.39 is 0 Å². The van der Waals surface area contributed by atoms with Crippen LogP contribution in [0.15, 0.2) is 22.7 Å². The highest BCUT2D eigenvalue weighted by molar-refractivity contribution is 9.10. The van der Waals surface area contributed by atoms with E-state index >= 15 is 0 Å². The number of rotatable bonds is 2. The van der Waals surface area contributed by atoms with Crippen LogP contribution in [0.2, 0.25) is 0 Å². The van der Waals surface area contributed by atoms with Gasteiger partial charge >= 0.3 is 6.03 Å². The fourth-order valence-corrected chi connectivity index (χ4v) is 3.11. The molecule has 1 unspecified atom stereocenters. The number of nitrogens with zero attached hydrogens (tertiary/aromatic N) is 2. The van der Waals surface area contributed by atoms with Crippen molar-refractivity contribution in [2.75, 3.05) is 26.2 Å². The van der Waals surface area contributed by atoms with E-state index in [1.165, 1.54) is 6.07 Å². The molecule has 3 rings (SSSR count). The number of carbonyl (C=O) groups is 1. The van der Waals surface area contributed by atoms with Gasteiger partial charge in [0, 0.05) is 32.7 Å². The molecule has 0 aromatic heterocycles. The van der Waals surface area contributed by atoms with Crippen LogP contribution in [-0.4, -0.2) is 48.1 Å². The molecule has 0 saturated carbocycles. The van der Waals surface area contributed by atoms with Gasteiger partial charge in [-0.3, -0.25) is 0 Å². The summed E-state index contributed by atoms with van der Waals surface area (Å²) in [5.74, 6) is -0.280. The topological polar surface area (TPSA) is 35.6 Å². The third-order valence-electron chi connectivity index (χ3n) is 3.66. The number of nitrogens with one attached hydrogen (secondary N) is 1. The number of hydrogen-bond donors (Lipinski definition) is 1. The van der Waals surface area contributed by atoms with Gasteiger partial charge in [0.2, 0.25) is 0 Å². The third-order valence-corrected chi connectivity index (χ3v) is 4.26. The molecule has 6 heteroatoms. The Kier molecular flexibility index (Phi) is 3.45. The first-order valence-corrected chi connectivity index (χ1v) is 7.14. The fourth-order valence-electron chi connectivity index (χ4n) is 2.68. The first-order valence-electron chi connectivity index (χ1n) is 6.35. The Balaban J connectivity index is 1.73. The molecular formula is C13H15BrFN3O. The molecule has 0 radical (unpaired) electrons. The molecular weight excluding hydrogens is 313 g/mol. The summed E-state index contributed by atoms with van der Waals surface area (Å²) >= 11 is 3.17. The quantitative estimate of drug-likeness (QED) is 0.899. The smallest absolute Gasteiger partial charge is 0.318 e. The molecule has 1 N–H and O–H groups in total. The van der Waals surface area contributed by atoms with Gasteiger partial charge in [-0.15, -0.1) is 0 Å². The van der Waals surface area contributed by atoms with Gasteiger partial charge in [-0.05, 0) is 33.6 Å². The highest BCUT2D eigenvalue weighted by Crippen LogP contribution is 2.22. The number of amides is 2. The van der Waals surface area contributed by atoms with Crippen LogP contribution >= 0.6 is 15.9 Å². The van der Waals surface area contributed by atoms with Crippen molar-refractivity contribution in [3.8, 4) is 0 Å². The van der Waals surface area contributed by atoms with E-state index in [1.807, 2.05) is 9.80 Å². The van der Waals surface area contributed by atoms with E-state index in [1.54, 1.807) is 12.1 Å². The van der Waals surface area contributed by atoms with E-state index in [4.69, 9.17) is 0 Å². The Hall–Kier alpha value is -1.14. The van der Waals surface area contributed by atoms with Gasteiger partial charge in [0.1, 0.15) is 5.82 Å². The lowest BCUT2D eigenvalue weighted by molar-refractivity contribution is 0.178. The number of fused-ring (bicyclic) bond motifs is 1. The van der Waals surface area contributed by atoms with E-state index in [0.29, 0.717) is 11.0 Å². The number of halogens is 2.